The molecule has 2 aliphatic heterocycles. The fraction of sp³-hybridized carbons (Fsp3) is 0.375. The van der Waals surface area contributed by atoms with Gasteiger partial charge in [0, 0.05) is 18.3 Å². The van der Waals surface area contributed by atoms with Crippen molar-refractivity contribution in [3.8, 4) is 0 Å². The van der Waals surface area contributed by atoms with E-state index in [1.165, 1.54) is 24.4 Å². The summed E-state index contributed by atoms with van der Waals surface area (Å²) in [5, 5.41) is 22.8. The van der Waals surface area contributed by atoms with Gasteiger partial charge in [-0.05, 0) is 38.5 Å². The number of hydrogen-bond donors (Lipinski definition) is 3. The maximum Gasteiger partial charge on any atom is 0.310 e. The van der Waals surface area contributed by atoms with Gasteiger partial charge in [-0.25, -0.2) is 4.39 Å². The maximum atomic E-state index is 13.4. The van der Waals surface area contributed by atoms with Crippen LogP contribution in [0.15, 0.2) is 28.4 Å². The van der Waals surface area contributed by atoms with Crippen LogP contribution >= 0.6 is 0 Å². The van der Waals surface area contributed by atoms with Gasteiger partial charge >= 0.3 is 5.97 Å². The molecule has 1 aromatic rings. The molecule has 0 spiro atoms. The second-order valence-corrected chi connectivity index (χ2v) is 6.65. The van der Waals surface area contributed by atoms with Gasteiger partial charge in [0.25, 0.3) is 5.91 Å². The fourth-order valence-electron chi connectivity index (χ4n) is 3.01. The van der Waals surface area contributed by atoms with E-state index in [2.05, 4.69) is 20.8 Å². The molecule has 1 amide bonds. The Balaban J connectivity index is 1.82. The highest BCUT2D eigenvalue weighted by Gasteiger charge is 2.46. The topological polar surface area (TPSA) is 103 Å². The number of carboxylic acid groups (broad SMARTS) is 1. The summed E-state index contributed by atoms with van der Waals surface area (Å²) in [4.78, 5) is 23.2. The normalized spacial score (nSPS) is 30.8. The lowest BCUT2D eigenvalue weighted by Gasteiger charge is -2.20. The largest absolute Gasteiger partial charge is 0.481 e. The highest BCUT2D eigenvalue weighted by molar-refractivity contribution is 6.53. The molecular formula is C16H17FN4O3. The molecule has 0 saturated carbocycles. The van der Waals surface area contributed by atoms with Crippen LogP contribution in [0.5, 0.6) is 0 Å². The molecule has 2 heterocycles. The van der Waals surface area contributed by atoms with E-state index >= 15 is 0 Å². The number of rotatable bonds is 3. The number of hydrogen-bond acceptors (Lipinski definition) is 5. The molecule has 0 radical (unpaired) electrons. The van der Waals surface area contributed by atoms with Crippen LogP contribution in [0.25, 0.3) is 0 Å². The van der Waals surface area contributed by atoms with Crippen LogP contribution in [0.4, 0.5) is 10.1 Å². The van der Waals surface area contributed by atoms with E-state index in [1.807, 2.05) is 6.92 Å². The number of aliphatic carboxylic acids is 1. The summed E-state index contributed by atoms with van der Waals surface area (Å²) in [6, 6.07) is 3.94. The van der Waals surface area contributed by atoms with Crippen LogP contribution in [0.1, 0.15) is 25.8 Å². The van der Waals surface area contributed by atoms with E-state index in [1.54, 1.807) is 6.92 Å². The van der Waals surface area contributed by atoms with Gasteiger partial charge in [-0.3, -0.25) is 9.59 Å². The van der Waals surface area contributed by atoms with Crippen molar-refractivity contribution in [3.05, 3.63) is 29.6 Å². The quantitative estimate of drug-likeness (QED) is 0.575. The third-order valence-corrected chi connectivity index (χ3v) is 4.36. The van der Waals surface area contributed by atoms with Gasteiger partial charge in [0.05, 0.1) is 16.6 Å². The number of carbonyl (C=O) groups is 2. The van der Waals surface area contributed by atoms with Gasteiger partial charge < -0.3 is 15.7 Å². The molecule has 2 aliphatic rings. The molecule has 1 fully saturated rings. The van der Waals surface area contributed by atoms with Crippen molar-refractivity contribution in [2.24, 2.45) is 15.6 Å². The molecule has 0 aliphatic carbocycles. The number of fused-ring (bicyclic) bond motifs is 1. The predicted octanol–water partition coefficient (Wildman–Crippen LogP) is 1.40. The first kappa shape index (κ1) is 16.3. The second-order valence-electron chi connectivity index (χ2n) is 6.65. The van der Waals surface area contributed by atoms with Crippen LogP contribution in [-0.4, -0.2) is 41.0 Å². The Morgan fingerprint density at radius 2 is 2.17 bits per heavy atom. The number of anilines is 1. The summed E-state index contributed by atoms with van der Waals surface area (Å²) in [6.07, 6.45) is 1.83. The van der Waals surface area contributed by atoms with E-state index in [0.29, 0.717) is 24.2 Å². The third-order valence-electron chi connectivity index (χ3n) is 4.36. The molecule has 0 bridgehead atoms. The lowest BCUT2D eigenvalue weighted by molar-refractivity contribution is -0.146. The summed E-state index contributed by atoms with van der Waals surface area (Å²) in [5.74, 6) is -1.80. The molecule has 2 unspecified atom stereocenters. The molecule has 7 nitrogen and oxygen atoms in total. The van der Waals surface area contributed by atoms with Gasteiger partial charge in [0.1, 0.15) is 5.82 Å². The minimum absolute atomic E-state index is 0.0309. The lowest BCUT2D eigenvalue weighted by atomic mass is 9.84. The van der Waals surface area contributed by atoms with E-state index < -0.39 is 28.6 Å². The molecule has 24 heavy (non-hydrogen) atoms. The Hall–Kier alpha value is -2.61. The SMILES string of the molecule is CC1(/C=N/N=C2\C(=O)Nc3ccc(F)cc32)CC(C)(C(=O)O)CN1. The number of carbonyl (C=O) groups excluding carboxylic acids is 1. The van der Waals surface area contributed by atoms with Crippen molar-refractivity contribution < 1.29 is 19.1 Å². The number of carboxylic acids is 1. The zero-order valence-electron chi connectivity index (χ0n) is 13.3. The third kappa shape index (κ3) is 2.80. The van der Waals surface area contributed by atoms with E-state index in [9.17, 15) is 19.1 Å². The zero-order valence-corrected chi connectivity index (χ0v) is 13.3. The van der Waals surface area contributed by atoms with Gasteiger partial charge in [-0.1, -0.05) is 0 Å². The molecule has 0 aromatic heterocycles. The molecule has 1 aromatic carbocycles. The van der Waals surface area contributed by atoms with Crippen molar-refractivity contribution in [2.75, 3.05) is 11.9 Å². The Morgan fingerprint density at radius 3 is 2.83 bits per heavy atom. The smallest absolute Gasteiger partial charge is 0.310 e. The first-order valence-electron chi connectivity index (χ1n) is 7.44. The predicted molar refractivity (Wildman–Crippen MR) is 86.8 cm³/mol. The Bertz CT molecular complexity index is 792. The molecule has 3 rings (SSSR count). The Kier molecular flexibility index (Phi) is 3.71. The molecule has 3 N–H and O–H groups in total. The minimum Gasteiger partial charge on any atom is -0.481 e. The number of benzene rings is 1. The highest BCUT2D eigenvalue weighted by Crippen LogP contribution is 2.34. The average Bonchev–Trinajstić information content (AvgIpc) is 2.98. The van der Waals surface area contributed by atoms with Gasteiger partial charge in [-0.2, -0.15) is 5.10 Å². The molecule has 2 atom stereocenters. The average molecular weight is 332 g/mol. The summed E-state index contributed by atoms with van der Waals surface area (Å²) in [6.45, 7) is 3.79. The van der Waals surface area contributed by atoms with Crippen LogP contribution in [0.2, 0.25) is 0 Å². The molecule has 1 saturated heterocycles. The van der Waals surface area contributed by atoms with Crippen LogP contribution < -0.4 is 10.6 Å². The standard InChI is InChI=1S/C16H17FN4O3/c1-15(14(23)24)6-16(2,18-7-15)8-19-21-12-10-5-9(17)3-4-11(10)20-13(12)22/h3-5,8,18H,6-7H2,1-2H3,(H,23,24)(H,20,21,22)/b19-8+. The number of amides is 1. The summed E-state index contributed by atoms with van der Waals surface area (Å²) >= 11 is 0. The first-order chi connectivity index (χ1) is 11.2. The van der Waals surface area contributed by atoms with Gasteiger partial charge in [0.15, 0.2) is 5.71 Å². The Labute approximate surface area is 137 Å². The van der Waals surface area contributed by atoms with Crippen molar-refractivity contribution in [1.82, 2.24) is 5.32 Å². The summed E-state index contributed by atoms with van der Waals surface area (Å²) in [5.41, 5.74) is -0.648. The van der Waals surface area contributed by atoms with Crippen LogP contribution in [0.3, 0.4) is 0 Å². The maximum absolute atomic E-state index is 13.4. The van der Waals surface area contributed by atoms with E-state index in [0.717, 1.165) is 0 Å². The number of nitrogens with one attached hydrogen (secondary N) is 2. The van der Waals surface area contributed by atoms with Gasteiger partial charge in [0.2, 0.25) is 0 Å². The second kappa shape index (κ2) is 5.48. The van der Waals surface area contributed by atoms with E-state index in [4.69, 9.17) is 0 Å². The summed E-state index contributed by atoms with van der Waals surface area (Å²) < 4.78 is 13.4. The van der Waals surface area contributed by atoms with Crippen LogP contribution in [0, 0.1) is 11.2 Å². The highest BCUT2D eigenvalue weighted by atomic mass is 19.1. The van der Waals surface area contributed by atoms with Crippen molar-refractivity contribution in [3.63, 3.8) is 0 Å². The number of nitrogens with zero attached hydrogens (tertiary/aromatic N) is 2. The Morgan fingerprint density at radius 1 is 1.42 bits per heavy atom. The first-order valence-corrected chi connectivity index (χ1v) is 7.44. The lowest BCUT2D eigenvalue weighted by Crippen LogP contribution is -2.37. The van der Waals surface area contributed by atoms with Crippen molar-refractivity contribution >= 4 is 29.5 Å². The molecule has 126 valence electrons. The van der Waals surface area contributed by atoms with Crippen LogP contribution in [-0.2, 0) is 9.59 Å². The number of halogens is 1. The van der Waals surface area contributed by atoms with E-state index in [-0.39, 0.29) is 5.71 Å². The summed E-state index contributed by atoms with van der Waals surface area (Å²) in [7, 11) is 0. The molecule has 8 heteroatoms. The van der Waals surface area contributed by atoms with Crippen molar-refractivity contribution in [1.29, 1.82) is 0 Å². The minimum atomic E-state index is -0.881. The fourth-order valence-corrected chi connectivity index (χ4v) is 3.01. The monoisotopic (exact) mass is 332 g/mol. The molecular weight excluding hydrogens is 315 g/mol. The van der Waals surface area contributed by atoms with Crippen molar-refractivity contribution in [2.45, 2.75) is 25.8 Å². The zero-order chi connectivity index (χ0) is 17.5. The van der Waals surface area contributed by atoms with Gasteiger partial charge in [-0.15, -0.1) is 5.10 Å².